The first-order valence-electron chi connectivity index (χ1n) is 12.7. The van der Waals surface area contributed by atoms with Gasteiger partial charge in [-0.25, -0.2) is 20.6 Å². The Balaban J connectivity index is 1.49. The van der Waals surface area contributed by atoms with E-state index in [9.17, 15) is 19.5 Å². The summed E-state index contributed by atoms with van der Waals surface area (Å²) >= 11 is 0. The van der Waals surface area contributed by atoms with E-state index in [2.05, 4.69) is 25.6 Å². The third kappa shape index (κ3) is 5.60. The van der Waals surface area contributed by atoms with Crippen LogP contribution in [0.15, 0.2) is 79.1 Å². The number of nitrogens with two attached hydrogens (primary N) is 1. The van der Waals surface area contributed by atoms with Gasteiger partial charge in [0.25, 0.3) is 11.8 Å². The molecule has 1 atom stereocenters. The van der Waals surface area contributed by atoms with Crippen molar-refractivity contribution in [3.63, 3.8) is 0 Å². The lowest BCUT2D eigenvalue weighted by molar-refractivity contribution is 0.00951. The van der Waals surface area contributed by atoms with Gasteiger partial charge in [-0.1, -0.05) is 36.4 Å². The zero-order chi connectivity index (χ0) is 29.1. The van der Waals surface area contributed by atoms with Crippen molar-refractivity contribution in [2.45, 2.75) is 25.5 Å². The minimum absolute atomic E-state index is 0.0171. The fourth-order valence-electron chi connectivity index (χ4n) is 4.40. The molecule has 0 saturated carbocycles. The number of hydrazine groups is 1. The number of rotatable bonds is 8. The van der Waals surface area contributed by atoms with Crippen LogP contribution in [0.1, 0.15) is 62.2 Å². The maximum Gasteiger partial charge on any atom is 0.339 e. The van der Waals surface area contributed by atoms with Crippen LogP contribution >= 0.6 is 0 Å². The number of cyclic esters (lactones) is 1. The van der Waals surface area contributed by atoms with Crippen molar-refractivity contribution in [1.82, 2.24) is 20.0 Å². The molecule has 0 bridgehead atoms. The number of nitrogens with zero attached hydrogens (tertiary/aromatic N) is 4. The fraction of sp³-hybridized carbons (Fsp3) is 0.172. The van der Waals surface area contributed by atoms with E-state index in [1.54, 1.807) is 44.2 Å². The van der Waals surface area contributed by atoms with Crippen molar-refractivity contribution in [1.29, 1.82) is 0 Å². The van der Waals surface area contributed by atoms with Gasteiger partial charge < -0.3 is 20.5 Å². The van der Waals surface area contributed by atoms with Gasteiger partial charge in [-0.3, -0.25) is 14.6 Å². The molecule has 0 saturated heterocycles. The summed E-state index contributed by atoms with van der Waals surface area (Å²) in [4.78, 5) is 51.1. The number of amides is 2. The molecule has 5 N–H and O–H groups in total. The van der Waals surface area contributed by atoms with Crippen molar-refractivity contribution >= 4 is 35.2 Å². The van der Waals surface area contributed by atoms with Gasteiger partial charge in [0.05, 0.1) is 18.2 Å². The van der Waals surface area contributed by atoms with Crippen LogP contribution < -0.4 is 16.5 Å². The molecule has 0 fully saturated rings. The van der Waals surface area contributed by atoms with Gasteiger partial charge in [0, 0.05) is 23.6 Å². The van der Waals surface area contributed by atoms with Crippen molar-refractivity contribution < 1.29 is 24.2 Å². The number of anilines is 3. The number of carbonyl (C=O) groups excluding carboxylic acids is 3. The van der Waals surface area contributed by atoms with E-state index in [-0.39, 0.29) is 29.6 Å². The van der Waals surface area contributed by atoms with Crippen LogP contribution in [0, 0.1) is 0 Å². The Hall–Kier alpha value is -5.20. The summed E-state index contributed by atoms with van der Waals surface area (Å²) in [5, 5.41) is 16.7. The van der Waals surface area contributed by atoms with Crippen LogP contribution in [0.25, 0.3) is 0 Å². The maximum absolute atomic E-state index is 13.4. The Labute approximate surface area is 235 Å². The highest BCUT2D eigenvalue weighted by Gasteiger charge is 2.37. The van der Waals surface area contributed by atoms with Crippen LogP contribution in [-0.4, -0.2) is 49.5 Å². The summed E-state index contributed by atoms with van der Waals surface area (Å²) < 4.78 is 5.44. The number of aliphatic hydroxyl groups is 1. The van der Waals surface area contributed by atoms with Gasteiger partial charge in [-0.15, -0.1) is 0 Å². The number of ether oxygens (including phenoxy) is 1. The second kappa shape index (κ2) is 11.1. The zero-order valence-corrected chi connectivity index (χ0v) is 22.2. The molecule has 1 unspecified atom stereocenters. The largest absolute Gasteiger partial charge is 0.451 e. The number of fused-ring (bicyclic) bond motifs is 1. The predicted molar refractivity (Wildman–Crippen MR) is 149 cm³/mol. The van der Waals surface area contributed by atoms with E-state index in [0.29, 0.717) is 21.8 Å². The third-order valence-electron chi connectivity index (χ3n) is 6.53. The van der Waals surface area contributed by atoms with Crippen molar-refractivity contribution in [3.8, 4) is 0 Å². The molecular weight excluding hydrogens is 526 g/mol. The zero-order valence-electron chi connectivity index (χ0n) is 22.2. The molecule has 0 spiro atoms. The monoisotopic (exact) mass is 553 g/mol. The number of imide groups is 1. The molecule has 208 valence electrons. The van der Waals surface area contributed by atoms with E-state index in [1.165, 1.54) is 18.5 Å². The molecule has 41 heavy (non-hydrogen) atoms. The van der Waals surface area contributed by atoms with Crippen molar-refractivity contribution in [3.05, 3.63) is 107 Å². The average Bonchev–Trinajstić information content (AvgIpc) is 3.22. The standard InChI is InChI=1S/C29H27N7O5/c1-29(2)21-14-18(11-12-19(21)27(40)41-29)33-28-32-15-20(25(38)36(30)26(39)22-10-6-7-13-31-22)24(35-28)34-23(16-37)17-8-4-3-5-9-17/h3-15,23,37H,16,30H2,1-2H3,(H2,32,33,34,35). The number of esters is 1. The van der Waals surface area contributed by atoms with Gasteiger partial charge >= 0.3 is 5.97 Å². The lowest BCUT2D eigenvalue weighted by Gasteiger charge is -2.21. The number of aliphatic hydroxyl groups excluding tert-OH is 1. The quantitative estimate of drug-likeness (QED) is 0.0829. The van der Waals surface area contributed by atoms with Gasteiger partial charge in [0.2, 0.25) is 5.95 Å². The summed E-state index contributed by atoms with van der Waals surface area (Å²) in [5.41, 5.74) is 1.56. The Morgan fingerprint density at radius 1 is 1.05 bits per heavy atom. The summed E-state index contributed by atoms with van der Waals surface area (Å²) in [6.45, 7) is 3.27. The number of hydrogen-bond donors (Lipinski definition) is 4. The predicted octanol–water partition coefficient (Wildman–Crippen LogP) is 3.32. The lowest BCUT2D eigenvalue weighted by Crippen LogP contribution is -2.43. The first kappa shape index (κ1) is 27.4. The van der Waals surface area contributed by atoms with E-state index in [0.717, 1.165) is 5.56 Å². The smallest absolute Gasteiger partial charge is 0.339 e. The first-order chi connectivity index (χ1) is 19.7. The number of aromatic nitrogens is 3. The summed E-state index contributed by atoms with van der Waals surface area (Å²) in [6, 6.07) is 18.2. The van der Waals surface area contributed by atoms with Crippen LogP contribution in [0.2, 0.25) is 0 Å². The molecule has 3 heterocycles. The normalized spacial score (nSPS) is 14.0. The molecule has 1 aliphatic rings. The molecule has 1 aliphatic heterocycles. The van der Waals surface area contributed by atoms with Crippen LogP contribution in [0.4, 0.5) is 17.5 Å². The van der Waals surface area contributed by atoms with E-state index in [1.807, 2.05) is 30.3 Å². The topological polar surface area (TPSA) is 173 Å². The summed E-state index contributed by atoms with van der Waals surface area (Å²) in [7, 11) is 0. The molecule has 12 heteroatoms. The highest BCUT2D eigenvalue weighted by Crippen LogP contribution is 2.37. The van der Waals surface area contributed by atoms with Crippen LogP contribution in [0.3, 0.4) is 0 Å². The van der Waals surface area contributed by atoms with E-state index in [4.69, 9.17) is 10.6 Å². The Kier molecular flexibility index (Phi) is 7.42. The number of nitrogens with one attached hydrogen (secondary N) is 2. The molecule has 12 nitrogen and oxygen atoms in total. The van der Waals surface area contributed by atoms with Crippen molar-refractivity contribution in [2.75, 3.05) is 17.2 Å². The summed E-state index contributed by atoms with van der Waals surface area (Å²) in [5.74, 6) is 3.96. The van der Waals surface area contributed by atoms with Gasteiger partial charge in [-0.05, 0) is 49.7 Å². The average molecular weight is 554 g/mol. The molecule has 0 aliphatic carbocycles. The van der Waals surface area contributed by atoms with Gasteiger partial charge in [0.15, 0.2) is 0 Å². The Bertz CT molecular complexity index is 1610. The highest BCUT2D eigenvalue weighted by molar-refractivity contribution is 6.10. The van der Waals surface area contributed by atoms with E-state index >= 15 is 0 Å². The SMILES string of the molecule is CC1(C)OC(=O)c2ccc(Nc3ncc(C(=O)N(N)C(=O)c4ccccn4)c(NC(CO)c4ccccc4)n3)cc21. The first-order valence-corrected chi connectivity index (χ1v) is 12.7. The maximum atomic E-state index is 13.4. The van der Waals surface area contributed by atoms with Crippen LogP contribution in [0.5, 0.6) is 0 Å². The fourth-order valence-corrected chi connectivity index (χ4v) is 4.40. The molecule has 2 aromatic heterocycles. The number of hydrogen-bond acceptors (Lipinski definition) is 11. The Morgan fingerprint density at radius 3 is 2.51 bits per heavy atom. The van der Waals surface area contributed by atoms with Crippen LogP contribution in [-0.2, 0) is 10.3 Å². The molecule has 5 rings (SSSR count). The summed E-state index contributed by atoms with van der Waals surface area (Å²) in [6.07, 6.45) is 2.64. The van der Waals surface area contributed by atoms with E-state index < -0.39 is 29.4 Å². The van der Waals surface area contributed by atoms with Crippen molar-refractivity contribution in [2.24, 2.45) is 5.84 Å². The number of pyridine rings is 1. The second-order valence-corrected chi connectivity index (χ2v) is 9.73. The third-order valence-corrected chi connectivity index (χ3v) is 6.53. The minimum Gasteiger partial charge on any atom is -0.451 e. The molecular formula is C29H27N7O5. The number of benzene rings is 2. The minimum atomic E-state index is -0.880. The number of carbonyl (C=O) groups is 3. The molecule has 0 radical (unpaired) electrons. The molecule has 2 aromatic carbocycles. The molecule has 4 aromatic rings. The lowest BCUT2D eigenvalue weighted by atomic mass is 9.95. The second-order valence-electron chi connectivity index (χ2n) is 9.73. The van der Waals surface area contributed by atoms with Gasteiger partial charge in [-0.2, -0.15) is 4.98 Å². The van der Waals surface area contributed by atoms with Gasteiger partial charge in [0.1, 0.15) is 22.7 Å². The molecule has 2 amide bonds. The Morgan fingerprint density at radius 2 is 1.80 bits per heavy atom. The highest BCUT2D eigenvalue weighted by atomic mass is 16.6.